The van der Waals surface area contributed by atoms with E-state index in [-0.39, 0.29) is 47.9 Å². The number of nitrogens with two attached hydrogens (primary N) is 1. The molecule has 11 heteroatoms. The summed E-state index contributed by atoms with van der Waals surface area (Å²) in [5.74, 6) is -0.111. The lowest BCUT2D eigenvalue weighted by Gasteiger charge is -2.45. The van der Waals surface area contributed by atoms with E-state index in [2.05, 4.69) is 18.6 Å². The number of hydrogen-bond donors (Lipinski definition) is 1. The Morgan fingerprint density at radius 2 is 1.74 bits per heavy atom. The van der Waals surface area contributed by atoms with E-state index in [1.165, 1.54) is 12.1 Å². The molecule has 2 N–H and O–H groups in total. The summed E-state index contributed by atoms with van der Waals surface area (Å²) in [6.07, 6.45) is -1.08. The van der Waals surface area contributed by atoms with E-state index in [9.17, 15) is 27.6 Å². The first-order valence-corrected chi connectivity index (χ1v) is 15.0. The Balaban J connectivity index is 1.12. The van der Waals surface area contributed by atoms with Gasteiger partial charge in [0.05, 0.1) is 0 Å². The van der Waals surface area contributed by atoms with Crippen molar-refractivity contribution >= 4 is 23.4 Å². The largest absolute Gasteiger partial charge is 0.573 e. The molecule has 2 aromatic carbocycles. The predicted molar refractivity (Wildman–Crippen MR) is 155 cm³/mol. The van der Waals surface area contributed by atoms with Gasteiger partial charge in [0, 0.05) is 49.4 Å². The number of ether oxygens (including phenoxy) is 1. The van der Waals surface area contributed by atoms with Crippen LogP contribution in [0.1, 0.15) is 66.9 Å². The molecule has 2 aromatic rings. The highest BCUT2D eigenvalue weighted by molar-refractivity contribution is 5.97. The SMILES string of the molecule is CC(C)Cc1cc(C(=O)N2CCN(C3CCCN(C(=O)C4CC(c5ccc(OC(F)(F)F)cc5)C4)C3)C(=O)C2)ccc1N. The minimum atomic E-state index is -4.73. The summed E-state index contributed by atoms with van der Waals surface area (Å²) in [7, 11) is 0. The third-order valence-electron chi connectivity index (χ3n) is 8.78. The number of nitrogens with zero attached hydrogens (tertiary/aromatic N) is 3. The average molecular weight is 601 g/mol. The van der Waals surface area contributed by atoms with Gasteiger partial charge in [0.15, 0.2) is 0 Å². The molecule has 1 aliphatic carbocycles. The predicted octanol–water partition coefficient (Wildman–Crippen LogP) is 4.84. The number of halogens is 3. The summed E-state index contributed by atoms with van der Waals surface area (Å²) in [6, 6.07) is 11.1. The summed E-state index contributed by atoms with van der Waals surface area (Å²) in [4.78, 5) is 45.0. The third kappa shape index (κ3) is 7.25. The molecule has 5 rings (SSSR count). The van der Waals surface area contributed by atoms with Gasteiger partial charge in [0.25, 0.3) is 5.91 Å². The van der Waals surface area contributed by atoms with Crippen molar-refractivity contribution in [2.24, 2.45) is 11.8 Å². The summed E-state index contributed by atoms with van der Waals surface area (Å²) >= 11 is 0. The Bertz CT molecular complexity index is 1340. The summed E-state index contributed by atoms with van der Waals surface area (Å²) in [5, 5.41) is 0. The van der Waals surface area contributed by atoms with Gasteiger partial charge < -0.3 is 25.2 Å². The minimum Gasteiger partial charge on any atom is -0.406 e. The van der Waals surface area contributed by atoms with Gasteiger partial charge in [-0.15, -0.1) is 13.2 Å². The number of piperazine rings is 1. The number of anilines is 1. The molecule has 0 aromatic heterocycles. The molecule has 1 saturated carbocycles. The lowest BCUT2D eigenvalue weighted by molar-refractivity contribution is -0.274. The van der Waals surface area contributed by atoms with Gasteiger partial charge in [-0.05, 0) is 85.4 Å². The van der Waals surface area contributed by atoms with Crippen LogP contribution in [0.25, 0.3) is 0 Å². The van der Waals surface area contributed by atoms with Crippen molar-refractivity contribution in [3.05, 3.63) is 59.2 Å². The second-order valence-corrected chi connectivity index (χ2v) is 12.4. The number of carbonyl (C=O) groups is 3. The first-order valence-electron chi connectivity index (χ1n) is 15.0. The number of rotatable bonds is 7. The van der Waals surface area contributed by atoms with Crippen LogP contribution < -0.4 is 10.5 Å². The molecule has 2 heterocycles. The van der Waals surface area contributed by atoms with Gasteiger partial charge in [-0.1, -0.05) is 26.0 Å². The lowest BCUT2D eigenvalue weighted by Crippen LogP contribution is -2.59. The number of benzene rings is 2. The molecule has 0 spiro atoms. The monoisotopic (exact) mass is 600 g/mol. The zero-order chi connectivity index (χ0) is 30.9. The van der Waals surface area contributed by atoms with Crippen molar-refractivity contribution < 1.29 is 32.3 Å². The molecular weight excluding hydrogens is 561 g/mol. The van der Waals surface area contributed by atoms with Gasteiger partial charge in [0.2, 0.25) is 11.8 Å². The van der Waals surface area contributed by atoms with Gasteiger partial charge in [-0.3, -0.25) is 14.4 Å². The summed E-state index contributed by atoms with van der Waals surface area (Å²) in [5.41, 5.74) is 9.13. The van der Waals surface area contributed by atoms with Crippen LogP contribution in [-0.4, -0.2) is 77.5 Å². The van der Waals surface area contributed by atoms with Crippen LogP contribution in [0.3, 0.4) is 0 Å². The second-order valence-electron chi connectivity index (χ2n) is 12.4. The van der Waals surface area contributed by atoms with Crippen LogP contribution in [0, 0.1) is 11.8 Å². The number of nitrogen functional groups attached to an aromatic ring is 1. The van der Waals surface area contributed by atoms with Gasteiger partial charge >= 0.3 is 6.36 Å². The fourth-order valence-electron chi connectivity index (χ4n) is 6.48. The summed E-state index contributed by atoms with van der Waals surface area (Å²) < 4.78 is 41.2. The van der Waals surface area contributed by atoms with E-state index in [0.29, 0.717) is 56.2 Å². The van der Waals surface area contributed by atoms with Crippen LogP contribution in [0.5, 0.6) is 5.75 Å². The minimum absolute atomic E-state index is 0.00424. The summed E-state index contributed by atoms with van der Waals surface area (Å²) in [6.45, 7) is 6.15. The van der Waals surface area contributed by atoms with Crippen molar-refractivity contribution in [1.82, 2.24) is 14.7 Å². The standard InChI is InChI=1S/C32H39F3N4O4/c1-20(2)14-24-15-22(7-10-28(24)36)30(41)38-12-13-39(29(40)19-38)26-4-3-11-37(18-26)31(42)25-16-23(17-25)21-5-8-27(9-6-21)43-32(33,34)35/h5-10,15,20,23,25-26H,3-4,11-14,16-19,36H2,1-2H3. The van der Waals surface area contributed by atoms with Crippen LogP contribution in [0.15, 0.2) is 42.5 Å². The highest BCUT2D eigenvalue weighted by atomic mass is 19.4. The Morgan fingerprint density at radius 3 is 2.40 bits per heavy atom. The first kappa shape index (κ1) is 30.7. The highest BCUT2D eigenvalue weighted by Gasteiger charge is 2.41. The third-order valence-corrected chi connectivity index (χ3v) is 8.78. The van der Waals surface area contributed by atoms with Crippen LogP contribution in [-0.2, 0) is 16.0 Å². The number of amides is 3. The molecule has 232 valence electrons. The first-order chi connectivity index (χ1) is 20.4. The second kappa shape index (κ2) is 12.5. The van der Waals surface area contributed by atoms with Crippen molar-refractivity contribution in [2.75, 3.05) is 38.5 Å². The molecule has 2 saturated heterocycles. The molecule has 1 atom stereocenters. The average Bonchev–Trinajstić information content (AvgIpc) is 2.93. The molecule has 3 fully saturated rings. The van der Waals surface area contributed by atoms with Crippen molar-refractivity contribution in [3.63, 3.8) is 0 Å². The van der Waals surface area contributed by atoms with Crippen molar-refractivity contribution in [2.45, 2.75) is 64.3 Å². The lowest BCUT2D eigenvalue weighted by atomic mass is 9.70. The van der Waals surface area contributed by atoms with E-state index >= 15 is 0 Å². The fourth-order valence-corrected chi connectivity index (χ4v) is 6.48. The quantitative estimate of drug-likeness (QED) is 0.459. The van der Waals surface area contributed by atoms with Gasteiger partial charge in [0.1, 0.15) is 12.3 Å². The van der Waals surface area contributed by atoms with E-state index in [1.807, 2.05) is 15.9 Å². The molecule has 8 nitrogen and oxygen atoms in total. The van der Waals surface area contributed by atoms with Crippen LogP contribution in [0.2, 0.25) is 0 Å². The van der Waals surface area contributed by atoms with Crippen LogP contribution >= 0.6 is 0 Å². The zero-order valence-electron chi connectivity index (χ0n) is 24.6. The van der Waals surface area contributed by atoms with Crippen molar-refractivity contribution in [3.8, 4) is 5.75 Å². The van der Waals surface area contributed by atoms with E-state index in [0.717, 1.165) is 30.4 Å². The fraction of sp³-hybridized carbons (Fsp3) is 0.531. The molecule has 3 aliphatic rings. The zero-order valence-corrected chi connectivity index (χ0v) is 24.6. The van der Waals surface area contributed by atoms with Crippen molar-refractivity contribution in [1.29, 1.82) is 0 Å². The molecule has 3 amide bonds. The Labute approximate surface area is 249 Å². The highest BCUT2D eigenvalue weighted by Crippen LogP contribution is 2.43. The number of alkyl halides is 3. The molecule has 43 heavy (non-hydrogen) atoms. The van der Waals surface area contributed by atoms with Gasteiger partial charge in [-0.25, -0.2) is 0 Å². The van der Waals surface area contributed by atoms with E-state index < -0.39 is 6.36 Å². The number of hydrogen-bond acceptors (Lipinski definition) is 5. The maximum Gasteiger partial charge on any atom is 0.573 e. The maximum absolute atomic E-state index is 13.3. The maximum atomic E-state index is 13.3. The molecule has 2 aliphatic heterocycles. The smallest absolute Gasteiger partial charge is 0.406 e. The number of carbonyl (C=O) groups excluding carboxylic acids is 3. The molecule has 1 unspecified atom stereocenters. The van der Waals surface area contributed by atoms with Crippen LogP contribution in [0.4, 0.5) is 18.9 Å². The molecular formula is C32H39F3N4O4. The number of likely N-dealkylation sites (tertiary alicyclic amines) is 1. The molecule has 0 bridgehead atoms. The van der Waals surface area contributed by atoms with Gasteiger partial charge in [-0.2, -0.15) is 0 Å². The number of piperidine rings is 1. The van der Waals surface area contributed by atoms with E-state index in [1.54, 1.807) is 29.2 Å². The Hall–Kier alpha value is -3.76. The normalized spacial score (nSPS) is 22.9. The Morgan fingerprint density at radius 1 is 1.02 bits per heavy atom. The Kier molecular flexibility index (Phi) is 8.89. The topological polar surface area (TPSA) is 96.2 Å². The molecule has 0 radical (unpaired) electrons. The van der Waals surface area contributed by atoms with E-state index in [4.69, 9.17) is 5.73 Å².